The van der Waals surface area contributed by atoms with E-state index in [1.807, 2.05) is 30.8 Å². The van der Waals surface area contributed by atoms with Crippen LogP contribution < -0.4 is 0 Å². The summed E-state index contributed by atoms with van der Waals surface area (Å²) < 4.78 is 4.62. The van der Waals surface area contributed by atoms with Gasteiger partial charge in [-0.05, 0) is 28.9 Å². The molecule has 19 heavy (non-hydrogen) atoms. The number of rotatable bonds is 2. The van der Waals surface area contributed by atoms with Gasteiger partial charge in [0, 0.05) is 23.9 Å². The van der Waals surface area contributed by atoms with Crippen molar-refractivity contribution in [2.75, 3.05) is 0 Å². The number of fused-ring (bicyclic) bond motifs is 1. The Kier molecular flexibility index (Phi) is 3.06. The van der Waals surface area contributed by atoms with Crippen LogP contribution in [0.4, 0.5) is 0 Å². The Balaban J connectivity index is 2.35. The summed E-state index contributed by atoms with van der Waals surface area (Å²) in [6.45, 7) is 1.96. The van der Waals surface area contributed by atoms with Crippen LogP contribution in [0.15, 0.2) is 22.9 Å². The monoisotopic (exact) mass is 339 g/mol. The van der Waals surface area contributed by atoms with Crippen LogP contribution in [0.3, 0.4) is 0 Å². The predicted octanol–water partition coefficient (Wildman–Crippen LogP) is 2.96. The Bertz CT molecular complexity index is 761. The highest BCUT2D eigenvalue weighted by molar-refractivity contribution is 9.10. The molecule has 0 aliphatic rings. The molecule has 0 saturated heterocycles. The van der Waals surface area contributed by atoms with Crippen molar-refractivity contribution in [2.45, 2.75) is 12.8 Å². The van der Waals surface area contributed by atoms with Crippen molar-refractivity contribution in [2.24, 2.45) is 7.05 Å². The number of alkyl halides is 1. The van der Waals surface area contributed by atoms with E-state index in [0.29, 0.717) is 5.88 Å². The maximum absolute atomic E-state index is 6.00. The summed E-state index contributed by atoms with van der Waals surface area (Å²) in [6.07, 6.45) is 3.69. The molecule has 0 unspecified atom stereocenters. The van der Waals surface area contributed by atoms with Crippen molar-refractivity contribution in [3.63, 3.8) is 0 Å². The summed E-state index contributed by atoms with van der Waals surface area (Å²) in [5, 5.41) is 4.35. The molecule has 0 N–H and O–H groups in total. The van der Waals surface area contributed by atoms with E-state index in [2.05, 4.69) is 31.0 Å². The largest absolute Gasteiger partial charge is 0.276 e. The fourth-order valence-corrected chi connectivity index (χ4v) is 2.64. The highest BCUT2D eigenvalue weighted by Gasteiger charge is 2.16. The van der Waals surface area contributed by atoms with Crippen LogP contribution in [0.2, 0.25) is 0 Å². The lowest BCUT2D eigenvalue weighted by molar-refractivity contribution is 0.756. The van der Waals surface area contributed by atoms with E-state index in [9.17, 15) is 0 Å². The van der Waals surface area contributed by atoms with Crippen LogP contribution in [-0.4, -0.2) is 24.3 Å². The van der Waals surface area contributed by atoms with E-state index in [-0.39, 0.29) is 0 Å². The lowest BCUT2D eigenvalue weighted by Crippen LogP contribution is -2.00. The number of pyridine rings is 1. The third kappa shape index (κ3) is 2.04. The minimum atomic E-state index is 0.322. The van der Waals surface area contributed by atoms with E-state index in [4.69, 9.17) is 11.6 Å². The normalized spacial score (nSPS) is 11.4. The van der Waals surface area contributed by atoms with Crippen molar-refractivity contribution in [3.05, 3.63) is 34.5 Å². The van der Waals surface area contributed by atoms with Crippen LogP contribution in [0, 0.1) is 6.92 Å². The van der Waals surface area contributed by atoms with Gasteiger partial charge >= 0.3 is 0 Å². The molecule has 0 aliphatic carbocycles. The van der Waals surface area contributed by atoms with Crippen molar-refractivity contribution in [1.29, 1.82) is 0 Å². The first-order chi connectivity index (χ1) is 9.10. The molecule has 0 fully saturated rings. The van der Waals surface area contributed by atoms with Crippen molar-refractivity contribution in [3.8, 4) is 5.69 Å². The van der Waals surface area contributed by atoms with Gasteiger partial charge in [0.2, 0.25) is 0 Å². The maximum Gasteiger partial charge on any atom is 0.164 e. The molecule has 0 spiro atoms. The molecule has 3 aromatic rings. The average molecular weight is 341 g/mol. The van der Waals surface area contributed by atoms with Crippen LogP contribution in [0.1, 0.15) is 11.5 Å². The number of hydrogen-bond acceptors (Lipinski definition) is 3. The van der Waals surface area contributed by atoms with Gasteiger partial charge in [0.05, 0.1) is 17.3 Å². The van der Waals surface area contributed by atoms with E-state index in [0.717, 1.165) is 32.8 Å². The van der Waals surface area contributed by atoms with E-state index >= 15 is 0 Å². The minimum absolute atomic E-state index is 0.322. The topological polar surface area (TPSA) is 48.5 Å². The highest BCUT2D eigenvalue weighted by atomic mass is 79.9. The molecule has 0 atom stereocenters. The van der Waals surface area contributed by atoms with Gasteiger partial charge in [-0.2, -0.15) is 5.10 Å². The number of aryl methyl sites for hydroxylation is 2. The third-order valence-electron chi connectivity index (χ3n) is 2.88. The highest BCUT2D eigenvalue weighted by Crippen LogP contribution is 2.24. The molecule has 3 rings (SSSR count). The lowest BCUT2D eigenvalue weighted by atomic mass is 10.4. The second-order valence-corrected chi connectivity index (χ2v) is 5.45. The Hall–Kier alpha value is -1.40. The zero-order chi connectivity index (χ0) is 13.6. The maximum atomic E-state index is 6.00. The van der Waals surface area contributed by atoms with Gasteiger partial charge in [0.15, 0.2) is 5.65 Å². The minimum Gasteiger partial charge on any atom is -0.276 e. The van der Waals surface area contributed by atoms with Gasteiger partial charge in [-0.1, -0.05) is 0 Å². The van der Waals surface area contributed by atoms with Crippen LogP contribution in [0.25, 0.3) is 16.9 Å². The average Bonchev–Trinajstić information content (AvgIpc) is 2.88. The van der Waals surface area contributed by atoms with Gasteiger partial charge in [0.1, 0.15) is 11.3 Å². The first-order valence-corrected chi connectivity index (χ1v) is 7.02. The second kappa shape index (κ2) is 4.61. The molecule has 3 heterocycles. The first kappa shape index (κ1) is 12.6. The van der Waals surface area contributed by atoms with E-state index in [1.54, 1.807) is 10.9 Å². The SMILES string of the molecule is Cc1nn(C)cc1-n1c(CCl)nc2cc(Br)cnc21. The van der Waals surface area contributed by atoms with Gasteiger partial charge in [-0.15, -0.1) is 11.6 Å². The molecule has 7 heteroatoms. The Labute approximate surface area is 123 Å². The summed E-state index contributed by atoms with van der Waals surface area (Å²) in [4.78, 5) is 8.95. The molecule has 3 aromatic heterocycles. The molecule has 0 amide bonds. The standard InChI is InChI=1S/C12H11BrClN5/c1-7-10(6-18(2)17-7)19-11(4-14)16-9-3-8(13)5-15-12(9)19/h3,5-6H,4H2,1-2H3. The zero-order valence-electron chi connectivity index (χ0n) is 10.4. The molecule has 5 nitrogen and oxygen atoms in total. The van der Waals surface area contributed by atoms with Crippen LogP contribution >= 0.6 is 27.5 Å². The molecular formula is C12H11BrClN5. The first-order valence-electron chi connectivity index (χ1n) is 5.69. The summed E-state index contributed by atoms with van der Waals surface area (Å²) >= 11 is 9.40. The van der Waals surface area contributed by atoms with Crippen molar-refractivity contribution < 1.29 is 0 Å². The fourth-order valence-electron chi connectivity index (χ4n) is 2.14. The predicted molar refractivity (Wildman–Crippen MR) is 77.6 cm³/mol. The number of nitrogens with zero attached hydrogens (tertiary/aromatic N) is 5. The Morgan fingerprint density at radius 2 is 2.21 bits per heavy atom. The van der Waals surface area contributed by atoms with Gasteiger partial charge < -0.3 is 0 Å². The van der Waals surface area contributed by atoms with Gasteiger partial charge in [-0.3, -0.25) is 9.25 Å². The van der Waals surface area contributed by atoms with Crippen LogP contribution in [0.5, 0.6) is 0 Å². The molecule has 0 radical (unpaired) electrons. The Morgan fingerprint density at radius 1 is 1.42 bits per heavy atom. The second-order valence-electron chi connectivity index (χ2n) is 4.27. The Morgan fingerprint density at radius 3 is 2.84 bits per heavy atom. The summed E-state index contributed by atoms with van der Waals surface area (Å²) in [6, 6.07) is 1.93. The molecule has 0 aromatic carbocycles. The molecule has 0 saturated carbocycles. The van der Waals surface area contributed by atoms with Crippen LogP contribution in [-0.2, 0) is 12.9 Å². The van der Waals surface area contributed by atoms with E-state index in [1.165, 1.54) is 0 Å². The fraction of sp³-hybridized carbons (Fsp3) is 0.250. The quantitative estimate of drug-likeness (QED) is 0.674. The van der Waals surface area contributed by atoms with Gasteiger partial charge in [-0.25, -0.2) is 9.97 Å². The lowest BCUT2D eigenvalue weighted by Gasteiger charge is -2.04. The number of aromatic nitrogens is 5. The van der Waals surface area contributed by atoms with Gasteiger partial charge in [0.25, 0.3) is 0 Å². The smallest absolute Gasteiger partial charge is 0.164 e. The number of imidazole rings is 1. The third-order valence-corrected chi connectivity index (χ3v) is 3.55. The zero-order valence-corrected chi connectivity index (χ0v) is 12.8. The molecule has 0 bridgehead atoms. The molecule has 0 aliphatic heterocycles. The molecular weight excluding hydrogens is 330 g/mol. The number of halogens is 2. The van der Waals surface area contributed by atoms with Crippen molar-refractivity contribution >= 4 is 38.7 Å². The summed E-state index contributed by atoms with van der Waals surface area (Å²) in [7, 11) is 1.89. The van der Waals surface area contributed by atoms with E-state index < -0.39 is 0 Å². The van der Waals surface area contributed by atoms with Crippen molar-refractivity contribution in [1.82, 2.24) is 24.3 Å². The summed E-state index contributed by atoms with van der Waals surface area (Å²) in [5.41, 5.74) is 3.47. The summed E-state index contributed by atoms with van der Waals surface area (Å²) in [5.74, 6) is 1.08. The molecule has 98 valence electrons. The number of hydrogen-bond donors (Lipinski definition) is 0.